The Bertz CT molecular complexity index is 522. The number of nitro benzene ring substituents is 1. The van der Waals surface area contributed by atoms with E-state index >= 15 is 0 Å². The molecule has 0 atom stereocenters. The molecule has 0 heterocycles. The van der Waals surface area contributed by atoms with Crippen LogP contribution in [0.15, 0.2) is 18.2 Å². The van der Waals surface area contributed by atoms with Crippen molar-refractivity contribution >= 4 is 17.3 Å². The Balaban J connectivity index is 2.04. The molecular weight excluding hydrogens is 258 g/mol. The Morgan fingerprint density at radius 2 is 2.00 bits per heavy atom. The zero-order valence-electron chi connectivity index (χ0n) is 11.5. The number of benzene rings is 1. The van der Waals surface area contributed by atoms with Gasteiger partial charge in [-0.15, -0.1) is 0 Å². The molecule has 0 spiro atoms. The van der Waals surface area contributed by atoms with Crippen LogP contribution in [0.4, 0.5) is 11.4 Å². The predicted molar refractivity (Wildman–Crippen MR) is 76.4 cm³/mol. The van der Waals surface area contributed by atoms with Crippen molar-refractivity contribution in [3.05, 3.63) is 33.9 Å². The minimum Gasteiger partial charge on any atom is -0.377 e. The molecule has 3 N–H and O–H groups in total. The second-order valence-electron chi connectivity index (χ2n) is 5.37. The summed E-state index contributed by atoms with van der Waals surface area (Å²) in [5, 5.41) is 14.3. The molecule has 1 aromatic rings. The van der Waals surface area contributed by atoms with Gasteiger partial charge in [-0.05, 0) is 44.2 Å². The molecule has 1 saturated carbocycles. The van der Waals surface area contributed by atoms with E-state index < -0.39 is 0 Å². The molecule has 1 fully saturated rings. The van der Waals surface area contributed by atoms with Crippen LogP contribution in [0, 0.1) is 23.0 Å². The van der Waals surface area contributed by atoms with E-state index in [-0.39, 0.29) is 28.5 Å². The first-order valence-electron chi connectivity index (χ1n) is 6.78. The average molecular weight is 277 g/mol. The summed E-state index contributed by atoms with van der Waals surface area (Å²) in [7, 11) is 0. The minimum absolute atomic E-state index is 0.0546. The molecule has 0 aromatic heterocycles. The highest BCUT2D eigenvalue weighted by molar-refractivity contribution is 5.76. The molecule has 1 aromatic carbocycles. The number of hydrogen-bond donors (Lipinski definition) is 2. The van der Waals surface area contributed by atoms with Gasteiger partial charge in [0.15, 0.2) is 0 Å². The number of anilines is 1. The van der Waals surface area contributed by atoms with E-state index in [1.807, 2.05) is 13.0 Å². The van der Waals surface area contributed by atoms with Crippen molar-refractivity contribution in [2.24, 2.45) is 11.7 Å². The Labute approximate surface area is 117 Å². The largest absolute Gasteiger partial charge is 0.377 e. The van der Waals surface area contributed by atoms with E-state index in [2.05, 4.69) is 5.32 Å². The third-order valence-electron chi connectivity index (χ3n) is 3.84. The van der Waals surface area contributed by atoms with Gasteiger partial charge in [0.2, 0.25) is 5.91 Å². The smallest absolute Gasteiger partial charge is 0.292 e. The van der Waals surface area contributed by atoms with Crippen molar-refractivity contribution in [1.29, 1.82) is 0 Å². The Morgan fingerprint density at radius 3 is 2.55 bits per heavy atom. The fourth-order valence-electron chi connectivity index (χ4n) is 2.66. The average Bonchev–Trinajstić information content (AvgIpc) is 2.41. The van der Waals surface area contributed by atoms with Crippen molar-refractivity contribution in [3.63, 3.8) is 0 Å². The quantitative estimate of drug-likeness (QED) is 0.652. The summed E-state index contributed by atoms with van der Waals surface area (Å²) in [5.41, 5.74) is 6.80. The lowest BCUT2D eigenvalue weighted by Gasteiger charge is -2.28. The second kappa shape index (κ2) is 5.90. The zero-order chi connectivity index (χ0) is 14.7. The van der Waals surface area contributed by atoms with Crippen LogP contribution in [0.5, 0.6) is 0 Å². The fourth-order valence-corrected chi connectivity index (χ4v) is 2.66. The molecule has 6 nitrogen and oxygen atoms in total. The molecule has 0 bridgehead atoms. The van der Waals surface area contributed by atoms with Gasteiger partial charge in [0.1, 0.15) is 5.69 Å². The molecule has 108 valence electrons. The molecule has 1 amide bonds. The van der Waals surface area contributed by atoms with Gasteiger partial charge in [0.05, 0.1) is 4.92 Å². The number of nitrogens with zero attached hydrogens (tertiary/aromatic N) is 1. The lowest BCUT2D eigenvalue weighted by atomic mass is 9.85. The molecule has 20 heavy (non-hydrogen) atoms. The third kappa shape index (κ3) is 3.26. The first-order chi connectivity index (χ1) is 9.47. The van der Waals surface area contributed by atoms with Gasteiger partial charge in [-0.1, -0.05) is 6.07 Å². The number of amides is 1. The summed E-state index contributed by atoms with van der Waals surface area (Å²) < 4.78 is 0. The summed E-state index contributed by atoms with van der Waals surface area (Å²) in [4.78, 5) is 21.8. The summed E-state index contributed by atoms with van der Waals surface area (Å²) in [6.07, 6.45) is 3.09. The van der Waals surface area contributed by atoms with E-state index in [1.165, 1.54) is 0 Å². The molecule has 1 aliphatic rings. The van der Waals surface area contributed by atoms with Crippen LogP contribution in [-0.2, 0) is 4.79 Å². The summed E-state index contributed by atoms with van der Waals surface area (Å²) in [5.74, 6) is -0.300. The first-order valence-corrected chi connectivity index (χ1v) is 6.78. The standard InChI is InChI=1S/C14H19N3O3/c1-9-2-7-12(13(8-9)17(19)20)16-11-5-3-10(4-6-11)14(15)18/h2,7-8,10-11,16H,3-6H2,1H3,(H2,15,18). The number of carbonyl (C=O) groups is 1. The third-order valence-corrected chi connectivity index (χ3v) is 3.84. The van der Waals surface area contributed by atoms with Crippen LogP contribution in [0.2, 0.25) is 0 Å². The lowest BCUT2D eigenvalue weighted by molar-refractivity contribution is -0.384. The van der Waals surface area contributed by atoms with Gasteiger partial charge < -0.3 is 11.1 Å². The SMILES string of the molecule is Cc1ccc(NC2CCC(C(N)=O)CC2)c([N+](=O)[O-])c1. The number of carbonyl (C=O) groups excluding carboxylic acids is 1. The Kier molecular flexibility index (Phi) is 4.22. The fraction of sp³-hybridized carbons (Fsp3) is 0.500. The highest BCUT2D eigenvalue weighted by Crippen LogP contribution is 2.30. The summed E-state index contributed by atoms with van der Waals surface area (Å²) in [6, 6.07) is 5.32. The van der Waals surface area contributed by atoms with Crippen LogP contribution in [0.1, 0.15) is 31.2 Å². The summed E-state index contributed by atoms with van der Waals surface area (Å²) >= 11 is 0. The van der Waals surface area contributed by atoms with Gasteiger partial charge in [0, 0.05) is 18.0 Å². The number of primary amides is 1. The normalized spacial score (nSPS) is 22.2. The minimum atomic E-state index is -0.371. The van der Waals surface area contributed by atoms with Crippen LogP contribution in [0.25, 0.3) is 0 Å². The number of rotatable bonds is 4. The van der Waals surface area contributed by atoms with E-state index in [9.17, 15) is 14.9 Å². The lowest BCUT2D eigenvalue weighted by Crippen LogP contribution is -2.32. The highest BCUT2D eigenvalue weighted by Gasteiger charge is 2.26. The first kappa shape index (κ1) is 14.3. The molecule has 2 rings (SSSR count). The molecule has 6 heteroatoms. The maximum atomic E-state index is 11.1. The molecule has 0 unspecified atom stereocenters. The maximum absolute atomic E-state index is 11.1. The van der Waals surface area contributed by atoms with Gasteiger partial charge in [-0.25, -0.2) is 0 Å². The van der Waals surface area contributed by atoms with Crippen molar-refractivity contribution in [1.82, 2.24) is 0 Å². The van der Waals surface area contributed by atoms with E-state index in [0.717, 1.165) is 31.2 Å². The highest BCUT2D eigenvalue weighted by atomic mass is 16.6. The van der Waals surface area contributed by atoms with Crippen molar-refractivity contribution in [2.75, 3.05) is 5.32 Å². The molecular formula is C14H19N3O3. The molecule has 0 saturated heterocycles. The van der Waals surface area contributed by atoms with Crippen LogP contribution in [-0.4, -0.2) is 16.9 Å². The van der Waals surface area contributed by atoms with Gasteiger partial charge in [-0.3, -0.25) is 14.9 Å². The molecule has 1 aliphatic carbocycles. The zero-order valence-corrected chi connectivity index (χ0v) is 11.5. The van der Waals surface area contributed by atoms with Gasteiger partial charge in [-0.2, -0.15) is 0 Å². The Morgan fingerprint density at radius 1 is 1.35 bits per heavy atom. The van der Waals surface area contributed by atoms with Crippen LogP contribution < -0.4 is 11.1 Å². The molecule has 0 aliphatic heterocycles. The van der Waals surface area contributed by atoms with Crippen molar-refractivity contribution in [3.8, 4) is 0 Å². The van der Waals surface area contributed by atoms with E-state index in [1.54, 1.807) is 12.1 Å². The monoisotopic (exact) mass is 277 g/mol. The topological polar surface area (TPSA) is 98.3 Å². The number of nitro groups is 1. The number of nitrogens with one attached hydrogen (secondary N) is 1. The number of hydrogen-bond acceptors (Lipinski definition) is 4. The maximum Gasteiger partial charge on any atom is 0.292 e. The Hall–Kier alpha value is -2.11. The van der Waals surface area contributed by atoms with Gasteiger partial charge in [0.25, 0.3) is 5.69 Å². The molecule has 0 radical (unpaired) electrons. The van der Waals surface area contributed by atoms with Crippen molar-refractivity contribution in [2.45, 2.75) is 38.6 Å². The van der Waals surface area contributed by atoms with Crippen molar-refractivity contribution < 1.29 is 9.72 Å². The van der Waals surface area contributed by atoms with E-state index in [0.29, 0.717) is 5.69 Å². The number of nitrogens with two attached hydrogens (primary N) is 1. The summed E-state index contributed by atoms with van der Waals surface area (Å²) in [6.45, 7) is 1.83. The predicted octanol–water partition coefficient (Wildman–Crippen LogP) is 2.36. The number of aryl methyl sites for hydroxylation is 1. The van der Waals surface area contributed by atoms with Crippen LogP contribution in [0.3, 0.4) is 0 Å². The van der Waals surface area contributed by atoms with E-state index in [4.69, 9.17) is 5.73 Å². The second-order valence-corrected chi connectivity index (χ2v) is 5.37. The van der Waals surface area contributed by atoms with Crippen LogP contribution >= 0.6 is 0 Å². The van der Waals surface area contributed by atoms with Gasteiger partial charge >= 0.3 is 0 Å².